The van der Waals surface area contributed by atoms with Crippen molar-refractivity contribution >= 4 is 5.91 Å². The Kier molecular flexibility index (Phi) is 10.4. The van der Waals surface area contributed by atoms with E-state index in [-0.39, 0.29) is 11.5 Å². The molecule has 0 bridgehead atoms. The number of aryl methyl sites for hydroxylation is 1. The predicted octanol–water partition coefficient (Wildman–Crippen LogP) is 5.18. The van der Waals surface area contributed by atoms with Gasteiger partial charge < -0.3 is 18.9 Å². The molecular weight excluding hydrogens is 478 g/mol. The number of piperazine rings is 1. The van der Waals surface area contributed by atoms with Crippen molar-refractivity contribution in [3.63, 3.8) is 0 Å². The van der Waals surface area contributed by atoms with Crippen molar-refractivity contribution in [2.45, 2.75) is 66.8 Å². The fourth-order valence-electron chi connectivity index (χ4n) is 5.36. The fraction of sp³-hybridized carbons (Fsp3) is 0.613. The minimum atomic E-state index is 0.0141. The third-order valence-corrected chi connectivity index (χ3v) is 8.46. The van der Waals surface area contributed by atoms with Gasteiger partial charge in [0.1, 0.15) is 11.5 Å². The van der Waals surface area contributed by atoms with E-state index in [1.165, 1.54) is 6.42 Å². The van der Waals surface area contributed by atoms with E-state index in [2.05, 4.69) is 30.6 Å². The quantitative estimate of drug-likeness (QED) is 0.404. The number of ether oxygens (including phenoxy) is 2. The number of carbonyl (C=O) groups is 1. The summed E-state index contributed by atoms with van der Waals surface area (Å²) in [4.78, 5) is 30.0. The van der Waals surface area contributed by atoms with Gasteiger partial charge in [-0.05, 0) is 62.3 Å². The van der Waals surface area contributed by atoms with Gasteiger partial charge >= 0.3 is 0 Å². The van der Waals surface area contributed by atoms with E-state index in [9.17, 15) is 9.59 Å². The molecule has 1 fully saturated rings. The van der Waals surface area contributed by atoms with E-state index in [0.717, 1.165) is 84.8 Å². The monoisotopic (exact) mass is 525 g/mol. The number of carbonyl (C=O) groups excluding carboxylic acids is 1. The van der Waals surface area contributed by atoms with Gasteiger partial charge in [-0.2, -0.15) is 0 Å². The summed E-state index contributed by atoms with van der Waals surface area (Å²) in [6.07, 6.45) is 6.06. The van der Waals surface area contributed by atoms with Crippen LogP contribution in [0.15, 0.2) is 23.1 Å². The molecule has 0 N–H and O–H groups in total. The Balaban J connectivity index is 1.75. The molecule has 38 heavy (non-hydrogen) atoms. The maximum absolute atomic E-state index is 13.2. The van der Waals surface area contributed by atoms with Gasteiger partial charge in [-0.3, -0.25) is 14.5 Å². The molecule has 7 heteroatoms. The second-order valence-corrected chi connectivity index (χ2v) is 10.9. The third kappa shape index (κ3) is 6.60. The molecule has 1 amide bonds. The molecule has 1 aliphatic rings. The van der Waals surface area contributed by atoms with Crippen LogP contribution in [0.5, 0.6) is 11.5 Å². The molecule has 3 rings (SSSR count). The molecule has 0 saturated carbocycles. The van der Waals surface area contributed by atoms with E-state index in [1.54, 1.807) is 25.8 Å². The average molecular weight is 526 g/mol. The first-order chi connectivity index (χ1) is 18.1. The molecule has 1 aromatic carbocycles. The normalized spacial score (nSPS) is 15.8. The number of methoxy groups -OCH3 is 2. The van der Waals surface area contributed by atoms with Gasteiger partial charge in [0.2, 0.25) is 5.91 Å². The van der Waals surface area contributed by atoms with Crippen molar-refractivity contribution in [3.8, 4) is 22.6 Å². The van der Waals surface area contributed by atoms with Crippen molar-refractivity contribution < 1.29 is 14.3 Å². The summed E-state index contributed by atoms with van der Waals surface area (Å²) in [5.41, 5.74) is 4.65. The summed E-state index contributed by atoms with van der Waals surface area (Å²) in [7, 11) is 5.14. The Bertz CT molecular complexity index is 1140. The van der Waals surface area contributed by atoms with Gasteiger partial charge in [-0.15, -0.1) is 0 Å². The number of nitrogens with zero attached hydrogens (tertiary/aromatic N) is 3. The fourth-order valence-corrected chi connectivity index (χ4v) is 5.36. The van der Waals surface area contributed by atoms with Crippen LogP contribution in [-0.4, -0.2) is 60.7 Å². The van der Waals surface area contributed by atoms with E-state index in [4.69, 9.17) is 9.47 Å². The molecule has 0 aliphatic carbocycles. The number of aromatic nitrogens is 1. The van der Waals surface area contributed by atoms with E-state index in [1.807, 2.05) is 32.2 Å². The van der Waals surface area contributed by atoms with Crippen molar-refractivity contribution in [2.75, 3.05) is 40.4 Å². The highest BCUT2D eigenvalue weighted by Gasteiger charge is 2.28. The standard InChI is InChI=1S/C31H47N3O4/c1-9-21(3)11-12-24(10-2)31(36)34-15-13-33(14-16-34)20-27-28(37-7)17-25(18-29(27)38-8)26-19-32(6)30(35)23(5)22(26)4/h17-19,21,24H,9-16,20H2,1-8H3/t21-,24?/m1/s1. The van der Waals surface area contributed by atoms with Crippen LogP contribution in [0, 0.1) is 25.7 Å². The van der Waals surface area contributed by atoms with Gasteiger partial charge in [0.05, 0.1) is 19.8 Å². The van der Waals surface area contributed by atoms with Crippen molar-refractivity contribution in [3.05, 3.63) is 45.4 Å². The second kappa shape index (κ2) is 13.3. The molecule has 2 aromatic rings. The third-order valence-electron chi connectivity index (χ3n) is 8.46. The smallest absolute Gasteiger partial charge is 0.253 e. The van der Waals surface area contributed by atoms with Crippen LogP contribution >= 0.6 is 0 Å². The van der Waals surface area contributed by atoms with Gasteiger partial charge in [-0.1, -0.05) is 27.2 Å². The number of hydrogen-bond acceptors (Lipinski definition) is 5. The number of hydrogen-bond donors (Lipinski definition) is 0. The summed E-state index contributed by atoms with van der Waals surface area (Å²) in [6.45, 7) is 14.3. The molecule has 7 nitrogen and oxygen atoms in total. The molecule has 2 heterocycles. The van der Waals surface area contributed by atoms with Crippen LogP contribution < -0.4 is 15.0 Å². The zero-order valence-electron chi connectivity index (χ0n) is 24.7. The first-order valence-electron chi connectivity index (χ1n) is 14.1. The topological polar surface area (TPSA) is 64.0 Å². The Morgan fingerprint density at radius 1 is 0.947 bits per heavy atom. The van der Waals surface area contributed by atoms with Gasteiger partial charge in [0.15, 0.2) is 0 Å². The molecule has 0 spiro atoms. The second-order valence-electron chi connectivity index (χ2n) is 10.9. The molecule has 1 aromatic heterocycles. The van der Waals surface area contributed by atoms with E-state index >= 15 is 0 Å². The zero-order chi connectivity index (χ0) is 28.0. The van der Waals surface area contributed by atoms with Gasteiger partial charge in [-0.25, -0.2) is 0 Å². The van der Waals surface area contributed by atoms with Crippen molar-refractivity contribution in [2.24, 2.45) is 18.9 Å². The lowest BCUT2D eigenvalue weighted by Gasteiger charge is -2.37. The molecule has 210 valence electrons. The van der Waals surface area contributed by atoms with Crippen LogP contribution in [0.1, 0.15) is 63.1 Å². The molecule has 1 saturated heterocycles. The molecule has 2 atom stereocenters. The first-order valence-corrected chi connectivity index (χ1v) is 14.1. The molecule has 0 radical (unpaired) electrons. The Morgan fingerprint density at radius 2 is 1.55 bits per heavy atom. The van der Waals surface area contributed by atoms with Crippen LogP contribution in [0.4, 0.5) is 0 Å². The summed E-state index contributed by atoms with van der Waals surface area (Å²) >= 11 is 0. The van der Waals surface area contributed by atoms with Crippen molar-refractivity contribution in [1.82, 2.24) is 14.4 Å². The Hall–Kier alpha value is -2.80. The summed E-state index contributed by atoms with van der Waals surface area (Å²) in [5.74, 6) is 2.65. The highest BCUT2D eigenvalue weighted by atomic mass is 16.5. The highest BCUT2D eigenvalue weighted by molar-refractivity contribution is 5.79. The van der Waals surface area contributed by atoms with Crippen LogP contribution in [0.2, 0.25) is 0 Å². The number of benzene rings is 1. The summed E-state index contributed by atoms with van der Waals surface area (Å²) < 4.78 is 13.3. The van der Waals surface area contributed by atoms with E-state index < -0.39 is 0 Å². The van der Waals surface area contributed by atoms with Crippen LogP contribution in [0.25, 0.3) is 11.1 Å². The summed E-state index contributed by atoms with van der Waals surface area (Å²) in [6, 6.07) is 4.07. The van der Waals surface area contributed by atoms with Gasteiger partial charge in [0.25, 0.3) is 5.56 Å². The number of pyridine rings is 1. The Morgan fingerprint density at radius 3 is 2.08 bits per heavy atom. The van der Waals surface area contributed by atoms with Gasteiger partial charge in [0, 0.05) is 63.0 Å². The minimum Gasteiger partial charge on any atom is -0.496 e. The first kappa shape index (κ1) is 29.8. The maximum Gasteiger partial charge on any atom is 0.253 e. The lowest BCUT2D eigenvalue weighted by Crippen LogP contribution is -2.50. The van der Waals surface area contributed by atoms with E-state index in [0.29, 0.717) is 18.4 Å². The molecule has 1 unspecified atom stereocenters. The average Bonchev–Trinajstić information content (AvgIpc) is 2.94. The highest BCUT2D eigenvalue weighted by Crippen LogP contribution is 2.37. The number of rotatable bonds is 11. The predicted molar refractivity (Wildman–Crippen MR) is 154 cm³/mol. The molecular formula is C31H47N3O4. The van der Waals surface area contributed by atoms with Crippen LogP contribution in [0.3, 0.4) is 0 Å². The van der Waals surface area contributed by atoms with Crippen LogP contribution in [-0.2, 0) is 18.4 Å². The number of amides is 1. The van der Waals surface area contributed by atoms with Crippen molar-refractivity contribution in [1.29, 1.82) is 0 Å². The lowest BCUT2D eigenvalue weighted by atomic mass is 9.92. The SMILES string of the molecule is CCC(CC[C@H](C)CC)C(=O)N1CCN(Cc2c(OC)cc(-c3cn(C)c(=O)c(C)c3C)cc2OC)CC1. The molecule has 1 aliphatic heterocycles. The lowest BCUT2D eigenvalue weighted by molar-refractivity contribution is -0.137. The maximum atomic E-state index is 13.2. The zero-order valence-corrected chi connectivity index (χ0v) is 24.7. The minimum absolute atomic E-state index is 0.0141. The largest absolute Gasteiger partial charge is 0.496 e. The summed E-state index contributed by atoms with van der Waals surface area (Å²) in [5, 5.41) is 0. The Labute approximate surface area is 228 Å².